The Balaban J connectivity index is 2.24. The SMILES string of the molecule is CCOc1ccc(OC(=O)C2CC2)c(C=C(Cl)Cl)c1. The zero-order valence-corrected chi connectivity index (χ0v) is 12.0. The Bertz CT molecular complexity index is 503. The number of carbonyl (C=O) groups is 1. The molecule has 0 heterocycles. The average Bonchev–Trinajstić information content (AvgIpc) is 3.16. The van der Waals surface area contributed by atoms with Crippen molar-refractivity contribution in [1.29, 1.82) is 0 Å². The molecule has 1 aromatic carbocycles. The molecular formula is C14H14Cl2O3. The zero-order valence-electron chi connectivity index (χ0n) is 10.5. The maximum atomic E-state index is 11.7. The summed E-state index contributed by atoms with van der Waals surface area (Å²) in [6, 6.07) is 5.18. The maximum absolute atomic E-state index is 11.7. The van der Waals surface area contributed by atoms with Gasteiger partial charge >= 0.3 is 5.97 Å². The van der Waals surface area contributed by atoms with E-state index in [1.165, 1.54) is 6.08 Å². The Morgan fingerprint density at radius 1 is 1.42 bits per heavy atom. The Morgan fingerprint density at radius 2 is 2.16 bits per heavy atom. The smallest absolute Gasteiger partial charge is 0.314 e. The Morgan fingerprint density at radius 3 is 2.74 bits per heavy atom. The van der Waals surface area contributed by atoms with E-state index < -0.39 is 0 Å². The van der Waals surface area contributed by atoms with Crippen molar-refractivity contribution < 1.29 is 14.3 Å². The molecule has 0 atom stereocenters. The van der Waals surface area contributed by atoms with Crippen LogP contribution in [0.4, 0.5) is 0 Å². The predicted octanol–water partition coefficient (Wildman–Crippen LogP) is 4.18. The van der Waals surface area contributed by atoms with Gasteiger partial charge in [0.15, 0.2) is 0 Å². The van der Waals surface area contributed by atoms with Crippen LogP contribution < -0.4 is 9.47 Å². The van der Waals surface area contributed by atoms with Crippen LogP contribution in [-0.2, 0) is 4.79 Å². The van der Waals surface area contributed by atoms with Gasteiger partial charge in [-0.25, -0.2) is 0 Å². The second-order valence-corrected chi connectivity index (χ2v) is 5.27. The van der Waals surface area contributed by atoms with Crippen molar-refractivity contribution in [2.24, 2.45) is 5.92 Å². The van der Waals surface area contributed by atoms with Gasteiger partial charge in [-0.1, -0.05) is 23.2 Å². The lowest BCUT2D eigenvalue weighted by Gasteiger charge is -2.10. The topological polar surface area (TPSA) is 35.5 Å². The fraction of sp³-hybridized carbons (Fsp3) is 0.357. The summed E-state index contributed by atoms with van der Waals surface area (Å²) in [4.78, 5) is 11.7. The first kappa shape index (κ1) is 14.2. The highest BCUT2D eigenvalue weighted by Gasteiger charge is 2.32. The molecule has 3 nitrogen and oxygen atoms in total. The van der Waals surface area contributed by atoms with Crippen molar-refractivity contribution >= 4 is 35.2 Å². The molecule has 1 fully saturated rings. The van der Waals surface area contributed by atoms with Gasteiger partial charge in [0.05, 0.1) is 12.5 Å². The largest absolute Gasteiger partial charge is 0.494 e. The van der Waals surface area contributed by atoms with E-state index >= 15 is 0 Å². The van der Waals surface area contributed by atoms with E-state index in [4.69, 9.17) is 32.7 Å². The summed E-state index contributed by atoms with van der Waals surface area (Å²) in [5, 5.41) is 0. The van der Waals surface area contributed by atoms with Gasteiger partial charge in [0.1, 0.15) is 16.0 Å². The molecular weight excluding hydrogens is 287 g/mol. The molecule has 0 aliphatic heterocycles. The minimum absolute atomic E-state index is 0.0369. The zero-order chi connectivity index (χ0) is 13.8. The van der Waals surface area contributed by atoms with Gasteiger partial charge in [-0.2, -0.15) is 0 Å². The first-order valence-corrected chi connectivity index (χ1v) is 6.87. The molecule has 19 heavy (non-hydrogen) atoms. The molecule has 1 aliphatic carbocycles. The highest BCUT2D eigenvalue weighted by atomic mass is 35.5. The summed E-state index contributed by atoms with van der Waals surface area (Å²) in [5.74, 6) is 0.952. The van der Waals surface area contributed by atoms with Crippen molar-refractivity contribution in [3.63, 3.8) is 0 Å². The van der Waals surface area contributed by atoms with Crippen molar-refractivity contribution in [3.05, 3.63) is 28.3 Å². The third kappa shape index (κ3) is 4.15. The highest BCUT2D eigenvalue weighted by molar-refractivity contribution is 6.57. The summed E-state index contributed by atoms with van der Waals surface area (Å²) >= 11 is 11.3. The second-order valence-electron chi connectivity index (χ2n) is 4.26. The fourth-order valence-electron chi connectivity index (χ4n) is 1.62. The van der Waals surface area contributed by atoms with E-state index in [0.717, 1.165) is 12.8 Å². The van der Waals surface area contributed by atoms with Crippen LogP contribution in [0.15, 0.2) is 22.7 Å². The van der Waals surface area contributed by atoms with Gasteiger partial charge < -0.3 is 9.47 Å². The van der Waals surface area contributed by atoms with Gasteiger partial charge in [-0.15, -0.1) is 0 Å². The molecule has 0 amide bonds. The molecule has 0 saturated heterocycles. The lowest BCUT2D eigenvalue weighted by molar-refractivity contribution is -0.135. The van der Waals surface area contributed by atoms with Crippen LogP contribution in [0.5, 0.6) is 11.5 Å². The molecule has 2 rings (SSSR count). The monoisotopic (exact) mass is 300 g/mol. The van der Waals surface area contributed by atoms with E-state index in [-0.39, 0.29) is 16.4 Å². The van der Waals surface area contributed by atoms with E-state index in [1.807, 2.05) is 6.92 Å². The molecule has 102 valence electrons. The quantitative estimate of drug-likeness (QED) is 0.604. The Kier molecular flexibility index (Phi) is 4.72. The number of rotatable bonds is 5. The number of hydrogen-bond acceptors (Lipinski definition) is 3. The molecule has 1 aliphatic rings. The van der Waals surface area contributed by atoms with Gasteiger partial charge in [0.2, 0.25) is 0 Å². The summed E-state index contributed by atoms with van der Waals surface area (Å²) in [6.07, 6.45) is 3.33. The number of benzene rings is 1. The molecule has 0 spiro atoms. The fourth-order valence-corrected chi connectivity index (χ4v) is 1.85. The third-order valence-corrected chi connectivity index (χ3v) is 2.90. The van der Waals surface area contributed by atoms with E-state index in [0.29, 0.717) is 23.7 Å². The number of esters is 1. The lowest BCUT2D eigenvalue weighted by Crippen LogP contribution is -2.10. The lowest BCUT2D eigenvalue weighted by atomic mass is 10.2. The van der Waals surface area contributed by atoms with Crippen LogP contribution in [0.1, 0.15) is 25.3 Å². The molecule has 5 heteroatoms. The number of ether oxygens (including phenoxy) is 2. The number of carbonyl (C=O) groups excluding carboxylic acids is 1. The number of hydrogen-bond donors (Lipinski definition) is 0. The summed E-state index contributed by atoms with van der Waals surface area (Å²) in [7, 11) is 0. The second kappa shape index (κ2) is 6.31. The van der Waals surface area contributed by atoms with Crippen LogP contribution >= 0.6 is 23.2 Å². The molecule has 0 N–H and O–H groups in total. The van der Waals surface area contributed by atoms with E-state index in [1.54, 1.807) is 18.2 Å². The van der Waals surface area contributed by atoms with Crippen LogP contribution in [0.25, 0.3) is 6.08 Å². The molecule has 0 bridgehead atoms. The van der Waals surface area contributed by atoms with E-state index in [2.05, 4.69) is 0 Å². The number of halogens is 2. The molecule has 1 aromatic rings. The minimum atomic E-state index is -0.204. The van der Waals surface area contributed by atoms with E-state index in [9.17, 15) is 4.79 Å². The minimum Gasteiger partial charge on any atom is -0.494 e. The van der Waals surface area contributed by atoms with Gasteiger partial charge in [-0.05, 0) is 44.0 Å². The van der Waals surface area contributed by atoms with Gasteiger partial charge in [0, 0.05) is 5.56 Å². The standard InChI is InChI=1S/C14H14Cl2O3/c1-2-18-11-5-6-12(10(7-11)8-13(15)16)19-14(17)9-3-4-9/h5-9H,2-4H2,1H3. The van der Waals surface area contributed by atoms with Crippen molar-refractivity contribution in [2.45, 2.75) is 19.8 Å². The Hall–Kier alpha value is -1.19. The first-order chi connectivity index (χ1) is 9.10. The van der Waals surface area contributed by atoms with Crippen LogP contribution in [-0.4, -0.2) is 12.6 Å². The highest BCUT2D eigenvalue weighted by Crippen LogP contribution is 2.33. The first-order valence-electron chi connectivity index (χ1n) is 6.11. The third-order valence-electron chi connectivity index (χ3n) is 2.68. The Labute approximate surface area is 122 Å². The molecule has 0 aromatic heterocycles. The average molecular weight is 301 g/mol. The normalized spacial score (nSPS) is 13.8. The molecule has 0 unspecified atom stereocenters. The van der Waals surface area contributed by atoms with Crippen LogP contribution in [0.2, 0.25) is 0 Å². The van der Waals surface area contributed by atoms with Crippen LogP contribution in [0.3, 0.4) is 0 Å². The summed E-state index contributed by atoms with van der Waals surface area (Å²) in [5.41, 5.74) is 0.625. The van der Waals surface area contributed by atoms with Crippen molar-refractivity contribution in [1.82, 2.24) is 0 Å². The maximum Gasteiger partial charge on any atom is 0.314 e. The predicted molar refractivity (Wildman–Crippen MR) is 75.7 cm³/mol. The summed E-state index contributed by atoms with van der Waals surface area (Å²) in [6.45, 7) is 2.45. The van der Waals surface area contributed by atoms with Gasteiger partial charge in [0.25, 0.3) is 0 Å². The molecule has 1 saturated carbocycles. The molecule has 0 radical (unpaired) electrons. The summed E-state index contributed by atoms with van der Waals surface area (Å²) < 4.78 is 10.8. The van der Waals surface area contributed by atoms with Crippen molar-refractivity contribution in [2.75, 3.05) is 6.61 Å². The van der Waals surface area contributed by atoms with Crippen molar-refractivity contribution in [3.8, 4) is 11.5 Å². The van der Waals surface area contributed by atoms with Gasteiger partial charge in [-0.3, -0.25) is 4.79 Å². The van der Waals surface area contributed by atoms with Crippen LogP contribution in [0, 0.1) is 5.92 Å².